The Balaban J connectivity index is 1.61. The van der Waals surface area contributed by atoms with Gasteiger partial charge < -0.3 is 9.64 Å². The molecule has 1 saturated heterocycles. The smallest absolute Gasteiger partial charge is 0.253 e. The SMILES string of the molecule is O=C(c1ccccc1)N1CC[C@@H](Oc2cc[c]cc2)C1. The first-order valence-electron chi connectivity index (χ1n) is 6.80. The molecule has 0 aliphatic carbocycles. The van der Waals surface area contributed by atoms with Crippen LogP contribution in [0.1, 0.15) is 16.8 Å². The minimum atomic E-state index is 0.0741. The fourth-order valence-corrected chi connectivity index (χ4v) is 2.41. The minimum absolute atomic E-state index is 0.0741. The molecule has 1 fully saturated rings. The average Bonchev–Trinajstić information content (AvgIpc) is 2.97. The monoisotopic (exact) mass is 266 g/mol. The fourth-order valence-electron chi connectivity index (χ4n) is 2.41. The minimum Gasteiger partial charge on any atom is -0.489 e. The van der Waals surface area contributed by atoms with Crippen LogP contribution in [0.4, 0.5) is 0 Å². The van der Waals surface area contributed by atoms with Gasteiger partial charge in [0.1, 0.15) is 11.9 Å². The maximum Gasteiger partial charge on any atom is 0.253 e. The van der Waals surface area contributed by atoms with Crippen molar-refractivity contribution in [1.82, 2.24) is 4.90 Å². The lowest BCUT2D eigenvalue weighted by molar-refractivity contribution is 0.0772. The summed E-state index contributed by atoms with van der Waals surface area (Å²) in [6.45, 7) is 1.39. The number of amides is 1. The number of benzene rings is 2. The maximum atomic E-state index is 12.3. The van der Waals surface area contributed by atoms with Gasteiger partial charge in [-0.15, -0.1) is 0 Å². The summed E-state index contributed by atoms with van der Waals surface area (Å²) < 4.78 is 5.88. The van der Waals surface area contributed by atoms with Crippen molar-refractivity contribution >= 4 is 5.91 Å². The van der Waals surface area contributed by atoms with Gasteiger partial charge in [0, 0.05) is 18.5 Å². The van der Waals surface area contributed by atoms with Crippen molar-refractivity contribution in [3.63, 3.8) is 0 Å². The molecule has 0 spiro atoms. The lowest BCUT2D eigenvalue weighted by Crippen LogP contribution is -2.30. The number of likely N-dealkylation sites (tertiary alicyclic amines) is 1. The first kappa shape index (κ1) is 12.7. The molecular formula is C17H16NO2. The van der Waals surface area contributed by atoms with E-state index in [-0.39, 0.29) is 12.0 Å². The second-order valence-corrected chi connectivity index (χ2v) is 4.88. The zero-order valence-corrected chi connectivity index (χ0v) is 11.2. The highest BCUT2D eigenvalue weighted by Crippen LogP contribution is 2.19. The van der Waals surface area contributed by atoms with Crippen molar-refractivity contribution in [2.24, 2.45) is 0 Å². The number of carbonyl (C=O) groups is 1. The van der Waals surface area contributed by atoms with Crippen LogP contribution in [0.3, 0.4) is 0 Å². The first-order valence-corrected chi connectivity index (χ1v) is 6.80. The van der Waals surface area contributed by atoms with E-state index in [1.807, 2.05) is 59.5 Å². The third-order valence-electron chi connectivity index (χ3n) is 3.44. The molecule has 20 heavy (non-hydrogen) atoms. The molecule has 1 amide bonds. The van der Waals surface area contributed by atoms with Gasteiger partial charge in [0.05, 0.1) is 6.54 Å². The van der Waals surface area contributed by atoms with E-state index in [2.05, 4.69) is 6.07 Å². The van der Waals surface area contributed by atoms with Crippen LogP contribution in [0.25, 0.3) is 0 Å². The molecule has 1 aliphatic heterocycles. The van der Waals surface area contributed by atoms with Crippen LogP contribution in [-0.4, -0.2) is 30.0 Å². The molecule has 3 heteroatoms. The molecule has 1 aliphatic rings. The second kappa shape index (κ2) is 5.78. The molecule has 3 nitrogen and oxygen atoms in total. The summed E-state index contributed by atoms with van der Waals surface area (Å²) in [6, 6.07) is 19.8. The Bertz CT molecular complexity index is 568. The van der Waals surface area contributed by atoms with Crippen molar-refractivity contribution in [2.75, 3.05) is 13.1 Å². The van der Waals surface area contributed by atoms with Crippen LogP contribution < -0.4 is 4.74 Å². The molecule has 0 aromatic heterocycles. The number of nitrogens with zero attached hydrogens (tertiary/aromatic N) is 1. The Labute approximate surface area is 118 Å². The predicted octanol–water partition coefficient (Wildman–Crippen LogP) is 2.78. The van der Waals surface area contributed by atoms with Crippen LogP contribution in [0.15, 0.2) is 54.6 Å². The number of ether oxygens (including phenoxy) is 1. The largest absolute Gasteiger partial charge is 0.489 e. The van der Waals surface area contributed by atoms with Crippen molar-refractivity contribution in [1.29, 1.82) is 0 Å². The standard InChI is InChI=1S/C17H16NO2/c19-17(14-7-3-1-4-8-14)18-12-11-16(13-18)20-15-9-5-2-6-10-15/h1,3-10,16H,11-13H2/t16-/m1/s1. The van der Waals surface area contributed by atoms with Crippen LogP contribution in [0.5, 0.6) is 5.75 Å². The molecular weight excluding hydrogens is 250 g/mol. The molecule has 0 saturated carbocycles. The van der Waals surface area contributed by atoms with Gasteiger partial charge in [0.15, 0.2) is 0 Å². The number of carbonyl (C=O) groups excluding carboxylic acids is 1. The van der Waals surface area contributed by atoms with Gasteiger partial charge in [-0.3, -0.25) is 4.79 Å². The quantitative estimate of drug-likeness (QED) is 0.855. The number of rotatable bonds is 3. The van der Waals surface area contributed by atoms with E-state index in [0.717, 1.165) is 24.3 Å². The topological polar surface area (TPSA) is 29.5 Å². The molecule has 0 bridgehead atoms. The lowest BCUT2D eigenvalue weighted by atomic mass is 10.2. The molecule has 2 aromatic carbocycles. The first-order chi connectivity index (χ1) is 9.83. The Kier molecular flexibility index (Phi) is 3.68. The summed E-state index contributed by atoms with van der Waals surface area (Å²) in [5, 5.41) is 0. The van der Waals surface area contributed by atoms with Gasteiger partial charge in [0.2, 0.25) is 0 Å². The summed E-state index contributed by atoms with van der Waals surface area (Å²) in [5.41, 5.74) is 0.738. The van der Waals surface area contributed by atoms with E-state index in [0.29, 0.717) is 6.54 Å². The average molecular weight is 266 g/mol. The molecule has 0 unspecified atom stereocenters. The van der Waals surface area contributed by atoms with E-state index < -0.39 is 0 Å². The van der Waals surface area contributed by atoms with Gasteiger partial charge in [-0.25, -0.2) is 0 Å². The Morgan fingerprint density at radius 2 is 1.90 bits per heavy atom. The molecule has 101 valence electrons. The highest BCUT2D eigenvalue weighted by molar-refractivity contribution is 5.94. The summed E-state index contributed by atoms with van der Waals surface area (Å²) in [6.07, 6.45) is 0.946. The summed E-state index contributed by atoms with van der Waals surface area (Å²) in [4.78, 5) is 14.2. The van der Waals surface area contributed by atoms with Crippen LogP contribution in [-0.2, 0) is 0 Å². The second-order valence-electron chi connectivity index (χ2n) is 4.88. The van der Waals surface area contributed by atoms with Crippen LogP contribution in [0.2, 0.25) is 0 Å². The zero-order chi connectivity index (χ0) is 13.8. The number of hydrogen-bond acceptors (Lipinski definition) is 2. The van der Waals surface area contributed by atoms with E-state index >= 15 is 0 Å². The van der Waals surface area contributed by atoms with E-state index in [9.17, 15) is 4.79 Å². The van der Waals surface area contributed by atoms with Gasteiger partial charge in [-0.05, 0) is 30.3 Å². The Morgan fingerprint density at radius 3 is 2.65 bits per heavy atom. The third-order valence-corrected chi connectivity index (χ3v) is 3.44. The van der Waals surface area contributed by atoms with Crippen LogP contribution in [0, 0.1) is 6.07 Å². The van der Waals surface area contributed by atoms with Gasteiger partial charge >= 0.3 is 0 Å². The highest BCUT2D eigenvalue weighted by Gasteiger charge is 2.28. The Morgan fingerprint density at radius 1 is 1.15 bits per heavy atom. The molecule has 0 N–H and O–H groups in total. The van der Waals surface area contributed by atoms with E-state index in [1.54, 1.807) is 0 Å². The highest BCUT2D eigenvalue weighted by atomic mass is 16.5. The fraction of sp³-hybridized carbons (Fsp3) is 0.235. The summed E-state index contributed by atoms with van der Waals surface area (Å²) in [7, 11) is 0. The normalized spacial score (nSPS) is 18.0. The van der Waals surface area contributed by atoms with Gasteiger partial charge in [-0.1, -0.05) is 30.3 Å². The molecule has 3 rings (SSSR count). The lowest BCUT2D eigenvalue weighted by Gasteiger charge is -2.17. The van der Waals surface area contributed by atoms with Crippen molar-refractivity contribution < 1.29 is 9.53 Å². The van der Waals surface area contributed by atoms with Gasteiger partial charge in [0.25, 0.3) is 5.91 Å². The molecule has 2 aromatic rings. The van der Waals surface area contributed by atoms with Crippen molar-refractivity contribution in [2.45, 2.75) is 12.5 Å². The Hall–Kier alpha value is -2.29. The molecule has 1 heterocycles. The van der Waals surface area contributed by atoms with Gasteiger partial charge in [-0.2, -0.15) is 0 Å². The predicted molar refractivity (Wildman–Crippen MR) is 76.7 cm³/mol. The molecule has 1 radical (unpaired) electrons. The molecule has 1 atom stereocenters. The van der Waals surface area contributed by atoms with Crippen LogP contribution >= 0.6 is 0 Å². The maximum absolute atomic E-state index is 12.3. The van der Waals surface area contributed by atoms with Crippen molar-refractivity contribution in [3.8, 4) is 5.75 Å². The van der Waals surface area contributed by atoms with E-state index in [1.165, 1.54) is 0 Å². The van der Waals surface area contributed by atoms with Crippen molar-refractivity contribution in [3.05, 3.63) is 66.2 Å². The summed E-state index contributed by atoms with van der Waals surface area (Å²) >= 11 is 0. The number of hydrogen-bond donors (Lipinski definition) is 0. The summed E-state index contributed by atoms with van der Waals surface area (Å²) in [5.74, 6) is 0.917. The van der Waals surface area contributed by atoms with E-state index in [4.69, 9.17) is 4.74 Å². The zero-order valence-electron chi connectivity index (χ0n) is 11.2. The third kappa shape index (κ3) is 2.82.